The molecule has 2 aliphatic rings. The van der Waals surface area contributed by atoms with Crippen molar-refractivity contribution in [1.82, 2.24) is 15.1 Å². The van der Waals surface area contributed by atoms with Crippen LogP contribution < -0.4 is 5.32 Å². The van der Waals surface area contributed by atoms with Crippen LogP contribution in [0.3, 0.4) is 0 Å². The molecule has 2 saturated heterocycles. The quantitative estimate of drug-likeness (QED) is 0.787. The molecule has 1 atom stereocenters. The molecule has 2 rings (SSSR count). The summed E-state index contributed by atoms with van der Waals surface area (Å²) in [7, 11) is 0. The minimum atomic E-state index is 0.347. The van der Waals surface area contributed by atoms with Crippen molar-refractivity contribution in [2.75, 3.05) is 39.3 Å². The third-order valence-electron chi connectivity index (χ3n) is 4.01. The summed E-state index contributed by atoms with van der Waals surface area (Å²) in [5.74, 6) is 0.347. The Kier molecular flexibility index (Phi) is 4.80. The lowest BCUT2D eigenvalue weighted by molar-refractivity contribution is -0.133. The molecule has 98 valence electrons. The van der Waals surface area contributed by atoms with Crippen LogP contribution in [-0.2, 0) is 4.79 Å². The highest BCUT2D eigenvalue weighted by molar-refractivity contribution is 5.77. The summed E-state index contributed by atoms with van der Waals surface area (Å²) in [4.78, 5) is 16.6. The molecule has 2 aliphatic heterocycles. The molecule has 0 aromatic carbocycles. The van der Waals surface area contributed by atoms with Crippen LogP contribution in [0.25, 0.3) is 0 Å². The lowest BCUT2D eigenvalue weighted by atomic mass is 10.0. The summed E-state index contributed by atoms with van der Waals surface area (Å²) in [5.41, 5.74) is 0. The molecular weight excluding hydrogens is 214 g/mol. The number of carbonyl (C=O) groups excluding carboxylic acids is 1. The number of hydrogen-bond acceptors (Lipinski definition) is 3. The van der Waals surface area contributed by atoms with Crippen LogP contribution in [0, 0.1) is 0 Å². The van der Waals surface area contributed by atoms with Gasteiger partial charge in [0.2, 0.25) is 5.91 Å². The van der Waals surface area contributed by atoms with Gasteiger partial charge in [-0.2, -0.15) is 0 Å². The van der Waals surface area contributed by atoms with E-state index in [1.165, 1.54) is 19.3 Å². The maximum absolute atomic E-state index is 12.1. The van der Waals surface area contributed by atoms with Crippen LogP contribution in [0.5, 0.6) is 0 Å². The largest absolute Gasteiger partial charge is 0.340 e. The number of amides is 1. The van der Waals surface area contributed by atoms with E-state index >= 15 is 0 Å². The first-order chi connectivity index (χ1) is 8.29. The van der Waals surface area contributed by atoms with Gasteiger partial charge in [0.05, 0.1) is 0 Å². The van der Waals surface area contributed by atoms with Gasteiger partial charge in [0, 0.05) is 38.6 Å². The maximum atomic E-state index is 12.1. The molecule has 4 heteroatoms. The molecule has 2 heterocycles. The van der Waals surface area contributed by atoms with Crippen molar-refractivity contribution in [1.29, 1.82) is 0 Å². The number of nitrogens with one attached hydrogen (secondary N) is 1. The Balaban J connectivity index is 1.72. The Morgan fingerprint density at radius 2 is 2.00 bits per heavy atom. The van der Waals surface area contributed by atoms with Crippen LogP contribution in [0.15, 0.2) is 0 Å². The van der Waals surface area contributed by atoms with Gasteiger partial charge in [0.25, 0.3) is 0 Å². The smallest absolute Gasteiger partial charge is 0.224 e. The number of piperidine rings is 1. The van der Waals surface area contributed by atoms with Crippen molar-refractivity contribution in [2.24, 2.45) is 0 Å². The van der Waals surface area contributed by atoms with Crippen molar-refractivity contribution < 1.29 is 4.79 Å². The zero-order chi connectivity index (χ0) is 12.1. The summed E-state index contributed by atoms with van der Waals surface area (Å²) in [6, 6.07) is 0.431. The van der Waals surface area contributed by atoms with Gasteiger partial charge in [-0.05, 0) is 25.9 Å². The fraction of sp³-hybridized carbons (Fsp3) is 0.923. The van der Waals surface area contributed by atoms with E-state index in [2.05, 4.69) is 17.1 Å². The van der Waals surface area contributed by atoms with Gasteiger partial charge in [-0.1, -0.05) is 13.3 Å². The highest BCUT2D eigenvalue weighted by atomic mass is 16.2. The number of hydrogen-bond donors (Lipinski definition) is 1. The lowest BCUT2D eigenvalue weighted by Gasteiger charge is -2.35. The number of rotatable bonds is 3. The van der Waals surface area contributed by atoms with E-state index in [1.807, 2.05) is 4.90 Å². The van der Waals surface area contributed by atoms with E-state index in [0.717, 1.165) is 39.3 Å². The van der Waals surface area contributed by atoms with Gasteiger partial charge in [-0.15, -0.1) is 0 Å². The molecule has 4 nitrogen and oxygen atoms in total. The highest BCUT2D eigenvalue weighted by Crippen LogP contribution is 2.12. The summed E-state index contributed by atoms with van der Waals surface area (Å²) in [6.07, 6.45) is 4.40. The summed E-state index contributed by atoms with van der Waals surface area (Å²) in [6.45, 7) is 8.29. The number of nitrogens with zero attached hydrogens (tertiary/aromatic N) is 2. The Bertz CT molecular complexity index is 243. The molecule has 1 unspecified atom stereocenters. The highest BCUT2D eigenvalue weighted by Gasteiger charge is 2.23. The van der Waals surface area contributed by atoms with Crippen molar-refractivity contribution in [3.05, 3.63) is 0 Å². The number of piperazine rings is 1. The minimum absolute atomic E-state index is 0.347. The average molecular weight is 239 g/mol. The first kappa shape index (κ1) is 12.8. The maximum Gasteiger partial charge on any atom is 0.224 e. The first-order valence-electron chi connectivity index (χ1n) is 7.03. The predicted octanol–water partition coefficient (Wildman–Crippen LogP) is 0.683. The molecular formula is C13H25N3O. The standard InChI is InChI=1S/C13H25N3O/c1-2-15-7-9-16(10-8-15)13(17)11-12-5-3-4-6-14-12/h12,14H,2-11H2,1H3. The van der Waals surface area contributed by atoms with Gasteiger partial charge < -0.3 is 15.1 Å². The second-order valence-electron chi connectivity index (χ2n) is 5.17. The second kappa shape index (κ2) is 6.36. The van der Waals surface area contributed by atoms with E-state index in [0.29, 0.717) is 18.4 Å². The van der Waals surface area contributed by atoms with Gasteiger partial charge in [-0.3, -0.25) is 4.79 Å². The molecule has 1 amide bonds. The van der Waals surface area contributed by atoms with Gasteiger partial charge in [0.15, 0.2) is 0 Å². The topological polar surface area (TPSA) is 35.6 Å². The Hall–Kier alpha value is -0.610. The average Bonchev–Trinajstić information content (AvgIpc) is 2.40. The molecule has 0 aliphatic carbocycles. The molecule has 2 fully saturated rings. The first-order valence-corrected chi connectivity index (χ1v) is 7.03. The Labute approximate surface area is 104 Å². The molecule has 0 aromatic heterocycles. The molecule has 17 heavy (non-hydrogen) atoms. The monoisotopic (exact) mass is 239 g/mol. The molecule has 0 aromatic rings. The zero-order valence-corrected chi connectivity index (χ0v) is 11.0. The number of likely N-dealkylation sites (N-methyl/N-ethyl adjacent to an activating group) is 1. The van der Waals surface area contributed by atoms with Crippen LogP contribution in [0.1, 0.15) is 32.6 Å². The minimum Gasteiger partial charge on any atom is -0.340 e. The fourth-order valence-corrected chi connectivity index (χ4v) is 2.75. The van der Waals surface area contributed by atoms with Gasteiger partial charge in [-0.25, -0.2) is 0 Å². The van der Waals surface area contributed by atoms with Crippen LogP contribution in [-0.4, -0.2) is 61.0 Å². The van der Waals surface area contributed by atoms with E-state index in [4.69, 9.17) is 0 Å². The van der Waals surface area contributed by atoms with Crippen molar-refractivity contribution in [2.45, 2.75) is 38.6 Å². The Morgan fingerprint density at radius 3 is 2.59 bits per heavy atom. The molecule has 0 bridgehead atoms. The number of carbonyl (C=O) groups is 1. The van der Waals surface area contributed by atoms with Crippen molar-refractivity contribution in [3.63, 3.8) is 0 Å². The van der Waals surface area contributed by atoms with Crippen LogP contribution in [0.2, 0.25) is 0 Å². The third kappa shape index (κ3) is 3.68. The molecule has 0 spiro atoms. The zero-order valence-electron chi connectivity index (χ0n) is 11.0. The normalized spacial score (nSPS) is 27.1. The third-order valence-corrected chi connectivity index (χ3v) is 4.01. The Morgan fingerprint density at radius 1 is 1.24 bits per heavy atom. The van der Waals surface area contributed by atoms with Crippen LogP contribution in [0.4, 0.5) is 0 Å². The van der Waals surface area contributed by atoms with Crippen LogP contribution >= 0.6 is 0 Å². The summed E-state index contributed by atoms with van der Waals surface area (Å²) < 4.78 is 0. The molecule has 1 N–H and O–H groups in total. The van der Waals surface area contributed by atoms with Crippen molar-refractivity contribution >= 4 is 5.91 Å². The second-order valence-corrected chi connectivity index (χ2v) is 5.17. The van der Waals surface area contributed by atoms with E-state index in [1.54, 1.807) is 0 Å². The summed E-state index contributed by atoms with van der Waals surface area (Å²) in [5, 5.41) is 3.45. The molecule has 0 radical (unpaired) electrons. The fourth-order valence-electron chi connectivity index (χ4n) is 2.75. The van der Waals surface area contributed by atoms with Gasteiger partial charge in [0.1, 0.15) is 0 Å². The molecule has 0 saturated carbocycles. The van der Waals surface area contributed by atoms with Gasteiger partial charge >= 0.3 is 0 Å². The SMILES string of the molecule is CCN1CCN(C(=O)CC2CCCCN2)CC1. The summed E-state index contributed by atoms with van der Waals surface area (Å²) >= 11 is 0. The predicted molar refractivity (Wildman–Crippen MR) is 69.0 cm³/mol. The lowest BCUT2D eigenvalue weighted by Crippen LogP contribution is -2.50. The van der Waals surface area contributed by atoms with E-state index in [-0.39, 0.29) is 0 Å². The van der Waals surface area contributed by atoms with E-state index < -0.39 is 0 Å². The van der Waals surface area contributed by atoms with Crippen molar-refractivity contribution in [3.8, 4) is 0 Å². The van der Waals surface area contributed by atoms with E-state index in [9.17, 15) is 4.79 Å².